The Bertz CT molecular complexity index is 271. The molecule has 0 amide bonds. The van der Waals surface area contributed by atoms with Crippen LogP contribution in [0.25, 0.3) is 0 Å². The van der Waals surface area contributed by atoms with Crippen molar-refractivity contribution in [1.29, 1.82) is 0 Å². The number of hydrogen-bond acceptors (Lipinski definition) is 3. The number of nitrogen functional groups attached to an aromatic ring is 1. The van der Waals surface area contributed by atoms with E-state index >= 15 is 0 Å². The number of ether oxygens (including phenoxy) is 1. The van der Waals surface area contributed by atoms with Gasteiger partial charge in [0.05, 0.1) is 12.8 Å². The minimum atomic E-state index is 0.516. The lowest BCUT2D eigenvalue weighted by Gasteiger charge is -2.06. The average molecular weight is 152 g/mol. The van der Waals surface area contributed by atoms with Gasteiger partial charge in [-0.05, 0) is 25.5 Å². The van der Waals surface area contributed by atoms with Crippen LogP contribution in [-0.4, -0.2) is 12.1 Å². The largest absolute Gasteiger partial charge is 0.480 e. The summed E-state index contributed by atoms with van der Waals surface area (Å²) >= 11 is 0. The third-order valence-corrected chi connectivity index (χ3v) is 1.55. The summed E-state index contributed by atoms with van der Waals surface area (Å²) < 4.78 is 4.97. The van der Waals surface area contributed by atoms with Gasteiger partial charge in [-0.2, -0.15) is 0 Å². The van der Waals surface area contributed by atoms with Crippen LogP contribution in [0.4, 0.5) is 5.69 Å². The first-order valence-electron chi connectivity index (χ1n) is 3.43. The van der Waals surface area contributed by atoms with E-state index in [1.807, 2.05) is 19.9 Å². The highest BCUT2D eigenvalue weighted by molar-refractivity contribution is 5.54. The van der Waals surface area contributed by atoms with Gasteiger partial charge in [0.25, 0.3) is 0 Å². The molecular weight excluding hydrogens is 140 g/mol. The van der Waals surface area contributed by atoms with Crippen LogP contribution in [0, 0.1) is 13.8 Å². The van der Waals surface area contributed by atoms with Gasteiger partial charge in [0.15, 0.2) is 0 Å². The van der Waals surface area contributed by atoms with Gasteiger partial charge in [0, 0.05) is 5.69 Å². The fraction of sp³-hybridized carbons (Fsp3) is 0.375. The van der Waals surface area contributed by atoms with Crippen molar-refractivity contribution in [2.24, 2.45) is 0 Å². The van der Waals surface area contributed by atoms with E-state index in [-0.39, 0.29) is 0 Å². The first kappa shape index (κ1) is 7.85. The lowest BCUT2D eigenvalue weighted by Crippen LogP contribution is -1.99. The zero-order valence-corrected chi connectivity index (χ0v) is 7.01. The van der Waals surface area contributed by atoms with Gasteiger partial charge in [-0.15, -0.1) is 0 Å². The van der Waals surface area contributed by atoms with Crippen LogP contribution in [0.5, 0.6) is 5.88 Å². The Morgan fingerprint density at radius 3 is 2.64 bits per heavy atom. The van der Waals surface area contributed by atoms with Gasteiger partial charge in [-0.3, -0.25) is 0 Å². The molecule has 0 atom stereocenters. The number of anilines is 1. The Labute approximate surface area is 66.2 Å². The van der Waals surface area contributed by atoms with Gasteiger partial charge < -0.3 is 10.5 Å². The summed E-state index contributed by atoms with van der Waals surface area (Å²) in [6, 6.07) is 1.93. The molecule has 1 heterocycles. The van der Waals surface area contributed by atoms with Crippen molar-refractivity contribution in [3.8, 4) is 5.88 Å². The van der Waals surface area contributed by atoms with Gasteiger partial charge in [-0.25, -0.2) is 4.98 Å². The highest BCUT2D eigenvalue weighted by Gasteiger charge is 2.03. The number of nitrogens with two attached hydrogens (primary N) is 1. The molecule has 11 heavy (non-hydrogen) atoms. The van der Waals surface area contributed by atoms with Crippen molar-refractivity contribution >= 4 is 5.69 Å². The zero-order valence-electron chi connectivity index (χ0n) is 7.01. The molecule has 1 rings (SSSR count). The standard InChI is InChI=1S/C8H12N2O/c1-5-4-6(2)10-8(11-3)7(5)9/h4H,9H2,1-3H3. The normalized spacial score (nSPS) is 9.73. The third-order valence-electron chi connectivity index (χ3n) is 1.55. The highest BCUT2D eigenvalue weighted by atomic mass is 16.5. The predicted molar refractivity (Wildman–Crippen MR) is 44.7 cm³/mol. The smallest absolute Gasteiger partial charge is 0.237 e. The number of rotatable bonds is 1. The van der Waals surface area contributed by atoms with Crippen LogP contribution in [0.1, 0.15) is 11.3 Å². The molecule has 0 radical (unpaired) electrons. The van der Waals surface area contributed by atoms with E-state index < -0.39 is 0 Å². The maximum Gasteiger partial charge on any atom is 0.237 e. The molecule has 0 aliphatic rings. The van der Waals surface area contributed by atoms with Crippen molar-refractivity contribution < 1.29 is 4.74 Å². The van der Waals surface area contributed by atoms with Crippen LogP contribution in [0.2, 0.25) is 0 Å². The Morgan fingerprint density at radius 2 is 2.09 bits per heavy atom. The molecule has 0 fully saturated rings. The fourth-order valence-corrected chi connectivity index (χ4v) is 0.968. The topological polar surface area (TPSA) is 48.1 Å². The molecule has 0 unspecified atom stereocenters. The van der Waals surface area contributed by atoms with E-state index in [0.717, 1.165) is 11.3 Å². The molecule has 1 aromatic rings. The van der Waals surface area contributed by atoms with Crippen molar-refractivity contribution in [2.45, 2.75) is 13.8 Å². The second kappa shape index (κ2) is 2.78. The first-order valence-corrected chi connectivity index (χ1v) is 3.43. The van der Waals surface area contributed by atoms with Crippen LogP contribution in [-0.2, 0) is 0 Å². The molecule has 3 nitrogen and oxygen atoms in total. The number of pyridine rings is 1. The maximum atomic E-state index is 5.67. The number of nitrogens with zero attached hydrogens (tertiary/aromatic N) is 1. The van der Waals surface area contributed by atoms with Gasteiger partial charge >= 0.3 is 0 Å². The first-order chi connectivity index (χ1) is 5.15. The summed E-state index contributed by atoms with van der Waals surface area (Å²) in [5, 5.41) is 0. The van der Waals surface area contributed by atoms with E-state index in [1.165, 1.54) is 0 Å². The Morgan fingerprint density at radius 1 is 1.45 bits per heavy atom. The number of methoxy groups -OCH3 is 1. The summed E-state index contributed by atoms with van der Waals surface area (Å²) in [7, 11) is 1.57. The van der Waals surface area contributed by atoms with Crippen LogP contribution in [0.3, 0.4) is 0 Å². The zero-order chi connectivity index (χ0) is 8.43. The summed E-state index contributed by atoms with van der Waals surface area (Å²) in [6.45, 7) is 3.85. The van der Waals surface area contributed by atoms with Crippen LogP contribution >= 0.6 is 0 Å². The number of aryl methyl sites for hydroxylation is 2. The molecule has 0 aliphatic carbocycles. The molecular formula is C8H12N2O. The van der Waals surface area contributed by atoms with E-state index in [1.54, 1.807) is 7.11 Å². The van der Waals surface area contributed by atoms with Crippen molar-refractivity contribution in [3.63, 3.8) is 0 Å². The molecule has 2 N–H and O–H groups in total. The van der Waals surface area contributed by atoms with Gasteiger partial charge in [0.2, 0.25) is 5.88 Å². The summed E-state index contributed by atoms with van der Waals surface area (Å²) in [4.78, 5) is 4.10. The Kier molecular flexibility index (Phi) is 1.98. The van der Waals surface area contributed by atoms with Crippen molar-refractivity contribution in [2.75, 3.05) is 12.8 Å². The molecule has 0 aliphatic heterocycles. The Hall–Kier alpha value is -1.25. The van der Waals surface area contributed by atoms with Gasteiger partial charge in [-0.1, -0.05) is 0 Å². The molecule has 0 saturated heterocycles. The number of aromatic nitrogens is 1. The molecule has 3 heteroatoms. The molecule has 0 spiro atoms. The molecule has 0 bridgehead atoms. The summed E-state index contributed by atoms with van der Waals surface area (Å²) in [6.07, 6.45) is 0. The lowest BCUT2D eigenvalue weighted by atomic mass is 10.2. The van der Waals surface area contributed by atoms with E-state index in [0.29, 0.717) is 11.6 Å². The molecule has 60 valence electrons. The molecule has 0 aromatic carbocycles. The quantitative estimate of drug-likeness (QED) is 0.659. The van der Waals surface area contributed by atoms with E-state index in [9.17, 15) is 0 Å². The van der Waals surface area contributed by atoms with E-state index in [4.69, 9.17) is 10.5 Å². The fourth-order valence-electron chi connectivity index (χ4n) is 0.968. The minimum Gasteiger partial charge on any atom is -0.480 e. The van der Waals surface area contributed by atoms with Crippen molar-refractivity contribution in [3.05, 3.63) is 17.3 Å². The SMILES string of the molecule is COc1nc(C)cc(C)c1N. The van der Waals surface area contributed by atoms with Gasteiger partial charge in [0.1, 0.15) is 0 Å². The summed E-state index contributed by atoms with van der Waals surface area (Å²) in [5.74, 6) is 0.516. The highest BCUT2D eigenvalue weighted by Crippen LogP contribution is 2.22. The third kappa shape index (κ3) is 1.42. The van der Waals surface area contributed by atoms with E-state index in [2.05, 4.69) is 4.98 Å². The second-order valence-electron chi connectivity index (χ2n) is 2.50. The lowest BCUT2D eigenvalue weighted by molar-refractivity contribution is 0.399. The molecule has 1 aromatic heterocycles. The molecule has 0 saturated carbocycles. The van der Waals surface area contributed by atoms with Crippen LogP contribution in [0.15, 0.2) is 6.07 Å². The van der Waals surface area contributed by atoms with Crippen molar-refractivity contribution in [1.82, 2.24) is 4.98 Å². The monoisotopic (exact) mass is 152 g/mol. The predicted octanol–water partition coefficient (Wildman–Crippen LogP) is 1.29. The average Bonchev–Trinajstić information content (AvgIpc) is 1.96. The summed E-state index contributed by atoms with van der Waals surface area (Å²) in [5.41, 5.74) is 8.23. The number of hydrogen-bond donors (Lipinski definition) is 1. The minimum absolute atomic E-state index is 0.516. The maximum absolute atomic E-state index is 5.67. The second-order valence-corrected chi connectivity index (χ2v) is 2.50. The van der Waals surface area contributed by atoms with Crippen LogP contribution < -0.4 is 10.5 Å². The Balaban J connectivity index is 3.24.